The van der Waals surface area contributed by atoms with Crippen LogP contribution in [0.3, 0.4) is 0 Å². The quantitative estimate of drug-likeness (QED) is 0.427. The number of rotatable bonds is 9. The van der Waals surface area contributed by atoms with E-state index in [-0.39, 0.29) is 6.16 Å². The van der Waals surface area contributed by atoms with Crippen molar-refractivity contribution >= 4 is 7.28 Å². The van der Waals surface area contributed by atoms with E-state index in [1.165, 1.54) is 32.1 Å². The van der Waals surface area contributed by atoms with E-state index in [0.717, 1.165) is 19.5 Å². The van der Waals surface area contributed by atoms with Crippen molar-refractivity contribution in [2.45, 2.75) is 58.3 Å². The Balaban J connectivity index is 3.19. The van der Waals surface area contributed by atoms with Crippen LogP contribution in [0.5, 0.6) is 0 Å². The second-order valence-corrected chi connectivity index (χ2v) is 8.47. The Morgan fingerprint density at radius 2 is 1.13 bits per heavy atom. The summed E-state index contributed by atoms with van der Waals surface area (Å²) in [6, 6.07) is 0. The Morgan fingerprint density at radius 1 is 0.733 bits per heavy atom. The zero-order valence-electron chi connectivity index (χ0n) is 10.2. The van der Waals surface area contributed by atoms with Crippen molar-refractivity contribution in [1.82, 2.24) is 0 Å². The average molecular weight is 238 g/mol. The Labute approximate surface area is 93.7 Å². The van der Waals surface area contributed by atoms with Crippen LogP contribution in [-0.4, -0.2) is 27.5 Å². The van der Waals surface area contributed by atoms with Crippen molar-refractivity contribution in [1.29, 1.82) is 0 Å². The summed E-state index contributed by atoms with van der Waals surface area (Å²) in [6.45, 7) is 3.36. The fourth-order valence-corrected chi connectivity index (χ4v) is 2.58. The molecule has 0 aliphatic carbocycles. The van der Waals surface area contributed by atoms with Crippen LogP contribution in [0.2, 0.25) is 0 Å². The second kappa shape index (κ2) is 6.80. The first-order chi connectivity index (χ1) is 6.81. The molecule has 0 aromatic heterocycles. The third kappa shape index (κ3) is 14.3. The maximum atomic E-state index is 9.20. The molecule has 15 heavy (non-hydrogen) atoms. The molecular weight excluding hydrogens is 211 g/mol. The van der Waals surface area contributed by atoms with Crippen molar-refractivity contribution in [3.8, 4) is 0 Å². The normalized spacial score (nSPS) is 14.9. The van der Waals surface area contributed by atoms with Gasteiger partial charge >= 0.3 is 93.1 Å². The number of hydrogen-bond donors (Lipinski definition) is 3. The number of hydrogen-bond acceptors (Lipinski definition) is 3. The molecule has 0 bridgehead atoms. The summed E-state index contributed by atoms with van der Waals surface area (Å²) < 4.78 is 0. The second-order valence-electron chi connectivity index (χ2n) is 4.81. The van der Waals surface area contributed by atoms with Crippen LogP contribution in [0.15, 0.2) is 0 Å². The monoisotopic (exact) mass is 238 g/mol. The molecule has 0 rings (SSSR count). The zero-order valence-corrected chi connectivity index (χ0v) is 11.0. The van der Waals surface area contributed by atoms with Gasteiger partial charge in [-0.25, -0.2) is 0 Å². The van der Waals surface area contributed by atoms with E-state index in [0.29, 0.717) is 6.42 Å². The van der Waals surface area contributed by atoms with Gasteiger partial charge in [0.15, 0.2) is 0 Å². The summed E-state index contributed by atoms with van der Waals surface area (Å²) in [5.74, 6) is 0. The van der Waals surface area contributed by atoms with Crippen LogP contribution < -0.4 is 0 Å². The van der Waals surface area contributed by atoms with Crippen LogP contribution in [-0.2, 0) is 0 Å². The van der Waals surface area contributed by atoms with Gasteiger partial charge in [0.2, 0.25) is 0 Å². The van der Waals surface area contributed by atoms with E-state index < -0.39 is 7.28 Å². The van der Waals surface area contributed by atoms with Gasteiger partial charge in [-0.1, -0.05) is 0 Å². The summed E-state index contributed by atoms with van der Waals surface area (Å²) in [5.41, 5.74) is 0. The topological polar surface area (TPSA) is 60.7 Å². The Hall–Kier alpha value is 0.310. The minimum atomic E-state index is -4.19. The molecule has 0 aromatic rings. The fourth-order valence-electron chi connectivity index (χ4n) is 1.62. The Kier molecular flexibility index (Phi) is 6.94. The molecule has 0 spiro atoms. The first-order valence-electron chi connectivity index (χ1n) is 6.07. The van der Waals surface area contributed by atoms with Gasteiger partial charge in [0.25, 0.3) is 0 Å². The summed E-state index contributed by atoms with van der Waals surface area (Å²) >= 11 is 0. The average Bonchev–Trinajstić information content (AvgIpc) is 2.07. The standard InChI is InChI=1S/C11H27O3P/c1-3-4-5-6-7-8-9-10-11-15(2,12,13)14/h12-14H,3-11H2,1-2H3. The third-order valence-electron chi connectivity index (χ3n) is 2.54. The first-order valence-corrected chi connectivity index (χ1v) is 8.80. The summed E-state index contributed by atoms with van der Waals surface area (Å²) in [5, 5.41) is 0. The predicted molar refractivity (Wildman–Crippen MR) is 67.0 cm³/mol. The maximum absolute atomic E-state index is 9.20. The van der Waals surface area contributed by atoms with Gasteiger partial charge in [-0.15, -0.1) is 0 Å². The minimum absolute atomic E-state index is 0.153. The predicted octanol–water partition coefficient (Wildman–Crippen LogP) is 3.03. The van der Waals surface area contributed by atoms with Crippen molar-refractivity contribution < 1.29 is 14.7 Å². The van der Waals surface area contributed by atoms with E-state index >= 15 is 0 Å². The molecule has 0 aromatic carbocycles. The van der Waals surface area contributed by atoms with Crippen molar-refractivity contribution in [2.24, 2.45) is 0 Å². The molecule has 0 saturated heterocycles. The molecular formula is C11H27O3P. The molecule has 3 N–H and O–H groups in total. The van der Waals surface area contributed by atoms with E-state index in [4.69, 9.17) is 0 Å². The Bertz CT molecular complexity index is 154. The van der Waals surface area contributed by atoms with E-state index in [1.54, 1.807) is 0 Å². The molecule has 0 saturated carbocycles. The fraction of sp³-hybridized carbons (Fsp3) is 1.00. The third-order valence-corrected chi connectivity index (χ3v) is 3.90. The molecule has 0 fully saturated rings. The van der Waals surface area contributed by atoms with E-state index in [1.807, 2.05) is 0 Å². The molecule has 0 radical (unpaired) electrons. The van der Waals surface area contributed by atoms with Gasteiger partial charge in [0.1, 0.15) is 0 Å². The van der Waals surface area contributed by atoms with Crippen molar-refractivity contribution in [3.05, 3.63) is 0 Å². The summed E-state index contributed by atoms with van der Waals surface area (Å²) in [4.78, 5) is 27.6. The first kappa shape index (κ1) is 15.3. The van der Waals surface area contributed by atoms with Crippen LogP contribution >= 0.6 is 7.28 Å². The van der Waals surface area contributed by atoms with Crippen LogP contribution in [0, 0.1) is 0 Å². The molecule has 4 heteroatoms. The molecule has 0 amide bonds. The van der Waals surface area contributed by atoms with Gasteiger partial charge in [-0.3, -0.25) is 0 Å². The van der Waals surface area contributed by atoms with Gasteiger partial charge in [-0.2, -0.15) is 0 Å². The van der Waals surface area contributed by atoms with Crippen LogP contribution in [0.25, 0.3) is 0 Å². The molecule has 0 atom stereocenters. The Morgan fingerprint density at radius 3 is 1.53 bits per heavy atom. The van der Waals surface area contributed by atoms with Crippen LogP contribution in [0.4, 0.5) is 0 Å². The van der Waals surface area contributed by atoms with Gasteiger partial charge < -0.3 is 0 Å². The van der Waals surface area contributed by atoms with Crippen LogP contribution in [0.1, 0.15) is 58.3 Å². The number of unbranched alkanes of at least 4 members (excludes halogenated alkanes) is 7. The molecule has 0 heterocycles. The molecule has 0 aliphatic heterocycles. The SMILES string of the molecule is CCCCCCCCCCP(C)(O)(O)O. The summed E-state index contributed by atoms with van der Waals surface area (Å²) in [7, 11) is -4.19. The van der Waals surface area contributed by atoms with Gasteiger partial charge in [0.05, 0.1) is 0 Å². The van der Waals surface area contributed by atoms with Gasteiger partial charge in [0, 0.05) is 0 Å². The summed E-state index contributed by atoms with van der Waals surface area (Å²) in [6.07, 6.45) is 9.38. The molecule has 3 nitrogen and oxygen atoms in total. The zero-order chi connectivity index (χ0) is 11.8. The van der Waals surface area contributed by atoms with Crippen molar-refractivity contribution in [3.63, 3.8) is 0 Å². The molecule has 0 aliphatic rings. The molecule has 94 valence electrons. The van der Waals surface area contributed by atoms with Gasteiger partial charge in [-0.05, 0) is 0 Å². The van der Waals surface area contributed by atoms with Crippen molar-refractivity contribution in [2.75, 3.05) is 12.8 Å². The van der Waals surface area contributed by atoms with E-state index in [2.05, 4.69) is 6.92 Å². The van der Waals surface area contributed by atoms with E-state index in [9.17, 15) is 14.7 Å². The molecule has 0 unspecified atom stereocenters.